The summed E-state index contributed by atoms with van der Waals surface area (Å²) < 4.78 is 3.16. The number of aryl methyl sites for hydroxylation is 1. The van der Waals surface area contributed by atoms with Crippen molar-refractivity contribution in [1.82, 2.24) is 24.5 Å². The molecule has 0 aromatic carbocycles. The van der Waals surface area contributed by atoms with Crippen LogP contribution in [0.5, 0.6) is 0 Å². The number of rotatable bonds is 4. The fourth-order valence-electron chi connectivity index (χ4n) is 3.03. The van der Waals surface area contributed by atoms with Gasteiger partial charge in [0.25, 0.3) is 11.5 Å². The first-order valence-electron chi connectivity index (χ1n) is 8.47. The Morgan fingerprint density at radius 2 is 2.00 bits per heavy atom. The molecule has 0 bridgehead atoms. The lowest BCUT2D eigenvalue weighted by atomic mass is 10.1. The van der Waals surface area contributed by atoms with Gasteiger partial charge in [-0.1, -0.05) is 6.07 Å². The van der Waals surface area contributed by atoms with Gasteiger partial charge in [-0.25, -0.2) is 4.52 Å². The van der Waals surface area contributed by atoms with Crippen molar-refractivity contribution in [3.8, 4) is 5.69 Å². The van der Waals surface area contributed by atoms with Crippen LogP contribution in [0.2, 0.25) is 0 Å². The van der Waals surface area contributed by atoms with Gasteiger partial charge in [-0.15, -0.1) is 0 Å². The Labute approximate surface area is 154 Å². The second-order valence-electron chi connectivity index (χ2n) is 6.14. The molecule has 0 saturated carbocycles. The predicted molar refractivity (Wildman–Crippen MR) is 101 cm³/mol. The Hall–Kier alpha value is -3.74. The van der Waals surface area contributed by atoms with E-state index in [9.17, 15) is 9.59 Å². The number of hydrogen-bond acceptors (Lipinski definition) is 4. The highest BCUT2D eigenvalue weighted by molar-refractivity contribution is 5.95. The first kappa shape index (κ1) is 16.7. The third-order valence-corrected chi connectivity index (χ3v) is 4.42. The summed E-state index contributed by atoms with van der Waals surface area (Å²) >= 11 is 0. The highest BCUT2D eigenvalue weighted by Gasteiger charge is 2.16. The average Bonchev–Trinajstić information content (AvgIpc) is 3.16. The van der Waals surface area contributed by atoms with Gasteiger partial charge in [0.15, 0.2) is 0 Å². The molecule has 7 heteroatoms. The topological polar surface area (TPSA) is 81.3 Å². The summed E-state index contributed by atoms with van der Waals surface area (Å²) in [5.74, 6) is -0.405. The van der Waals surface area contributed by atoms with Crippen molar-refractivity contribution in [2.75, 3.05) is 0 Å². The number of nitrogens with one attached hydrogen (secondary N) is 1. The number of pyridine rings is 3. The lowest BCUT2D eigenvalue weighted by Gasteiger charge is -2.11. The van der Waals surface area contributed by atoms with E-state index in [2.05, 4.69) is 15.4 Å². The summed E-state index contributed by atoms with van der Waals surface area (Å²) in [6.45, 7) is 2.05. The zero-order valence-corrected chi connectivity index (χ0v) is 14.7. The van der Waals surface area contributed by atoms with E-state index >= 15 is 0 Å². The molecule has 0 fully saturated rings. The second-order valence-corrected chi connectivity index (χ2v) is 6.14. The van der Waals surface area contributed by atoms with Crippen LogP contribution in [0.1, 0.15) is 21.5 Å². The van der Waals surface area contributed by atoms with Gasteiger partial charge in [0, 0.05) is 31.3 Å². The number of fused-ring (bicyclic) bond motifs is 1. The predicted octanol–water partition coefficient (Wildman–Crippen LogP) is 2.12. The minimum Gasteiger partial charge on any atom is -0.348 e. The van der Waals surface area contributed by atoms with E-state index in [4.69, 9.17) is 0 Å². The molecule has 0 spiro atoms. The Morgan fingerprint density at radius 1 is 1.11 bits per heavy atom. The molecule has 0 aliphatic carbocycles. The van der Waals surface area contributed by atoms with Crippen LogP contribution in [-0.2, 0) is 6.54 Å². The van der Waals surface area contributed by atoms with Crippen LogP contribution >= 0.6 is 0 Å². The van der Waals surface area contributed by atoms with E-state index in [0.717, 1.165) is 11.1 Å². The summed E-state index contributed by atoms with van der Waals surface area (Å²) in [7, 11) is 0. The molecule has 1 N–H and O–H groups in total. The smallest absolute Gasteiger partial charge is 0.268 e. The fraction of sp³-hybridized carbons (Fsp3) is 0.100. The van der Waals surface area contributed by atoms with Crippen LogP contribution in [0.3, 0.4) is 0 Å². The van der Waals surface area contributed by atoms with Crippen molar-refractivity contribution in [2.24, 2.45) is 0 Å². The highest BCUT2D eigenvalue weighted by Crippen LogP contribution is 2.11. The SMILES string of the molecule is Cc1ccn(-c2cccnc2)c(=O)c1C(=O)NCc1cccn2nccc12. The van der Waals surface area contributed by atoms with Crippen LogP contribution in [0.15, 0.2) is 72.2 Å². The Balaban J connectivity index is 1.64. The van der Waals surface area contributed by atoms with Gasteiger partial charge in [-0.05, 0) is 48.4 Å². The van der Waals surface area contributed by atoms with Crippen LogP contribution in [0.25, 0.3) is 11.2 Å². The molecule has 1 amide bonds. The Morgan fingerprint density at radius 3 is 2.81 bits per heavy atom. The molecular weight excluding hydrogens is 342 g/mol. The molecule has 27 heavy (non-hydrogen) atoms. The number of carbonyl (C=O) groups excluding carboxylic acids is 1. The number of nitrogens with zero attached hydrogens (tertiary/aromatic N) is 4. The molecule has 4 rings (SSSR count). The van der Waals surface area contributed by atoms with Crippen LogP contribution < -0.4 is 10.9 Å². The van der Waals surface area contributed by atoms with Crippen molar-refractivity contribution in [3.63, 3.8) is 0 Å². The molecule has 4 aromatic rings. The van der Waals surface area contributed by atoms with E-state index in [1.807, 2.05) is 24.4 Å². The van der Waals surface area contributed by atoms with Crippen LogP contribution in [0.4, 0.5) is 0 Å². The van der Waals surface area contributed by atoms with Gasteiger partial charge >= 0.3 is 0 Å². The first-order valence-corrected chi connectivity index (χ1v) is 8.47. The van der Waals surface area contributed by atoms with Crippen molar-refractivity contribution in [3.05, 3.63) is 94.4 Å². The second kappa shape index (κ2) is 6.87. The van der Waals surface area contributed by atoms with Gasteiger partial charge < -0.3 is 5.32 Å². The van der Waals surface area contributed by atoms with Gasteiger partial charge in [0.05, 0.1) is 17.4 Å². The van der Waals surface area contributed by atoms with Gasteiger partial charge in [0.2, 0.25) is 0 Å². The lowest BCUT2D eigenvalue weighted by Crippen LogP contribution is -2.33. The van der Waals surface area contributed by atoms with E-state index < -0.39 is 5.91 Å². The zero-order chi connectivity index (χ0) is 18.8. The molecular formula is C20H17N5O2. The first-order chi connectivity index (χ1) is 13.1. The van der Waals surface area contributed by atoms with Crippen molar-refractivity contribution < 1.29 is 4.79 Å². The third-order valence-electron chi connectivity index (χ3n) is 4.42. The summed E-state index contributed by atoms with van der Waals surface area (Å²) in [6, 6.07) is 10.9. The molecule has 4 heterocycles. The van der Waals surface area contributed by atoms with E-state index in [1.54, 1.807) is 54.4 Å². The molecule has 134 valence electrons. The Kier molecular flexibility index (Phi) is 4.25. The quantitative estimate of drug-likeness (QED) is 0.605. The summed E-state index contributed by atoms with van der Waals surface area (Å²) in [5, 5.41) is 7.03. The van der Waals surface area contributed by atoms with Gasteiger partial charge in [-0.2, -0.15) is 5.10 Å². The maximum absolute atomic E-state index is 12.9. The fourth-order valence-corrected chi connectivity index (χ4v) is 3.03. The van der Waals surface area contributed by atoms with E-state index in [-0.39, 0.29) is 11.1 Å². The molecule has 0 unspecified atom stereocenters. The van der Waals surface area contributed by atoms with Gasteiger partial charge in [0.1, 0.15) is 5.56 Å². The number of amides is 1. The maximum Gasteiger partial charge on any atom is 0.268 e. The largest absolute Gasteiger partial charge is 0.348 e. The molecule has 0 saturated heterocycles. The number of hydrogen-bond donors (Lipinski definition) is 1. The van der Waals surface area contributed by atoms with E-state index in [0.29, 0.717) is 17.8 Å². The molecule has 4 aromatic heterocycles. The van der Waals surface area contributed by atoms with E-state index in [1.165, 1.54) is 4.57 Å². The lowest BCUT2D eigenvalue weighted by molar-refractivity contribution is 0.0948. The van der Waals surface area contributed by atoms with Gasteiger partial charge in [-0.3, -0.25) is 19.1 Å². The maximum atomic E-state index is 12.9. The summed E-state index contributed by atoms with van der Waals surface area (Å²) in [6.07, 6.45) is 8.41. The Bertz CT molecular complexity index is 1180. The minimum absolute atomic E-state index is 0.127. The normalized spacial score (nSPS) is 10.9. The number of carbonyl (C=O) groups is 1. The summed E-state index contributed by atoms with van der Waals surface area (Å²) in [4.78, 5) is 29.7. The zero-order valence-electron chi connectivity index (χ0n) is 14.7. The van der Waals surface area contributed by atoms with Crippen molar-refractivity contribution in [1.29, 1.82) is 0 Å². The average molecular weight is 359 g/mol. The molecule has 0 aliphatic rings. The van der Waals surface area contributed by atoms with Crippen LogP contribution in [0, 0.1) is 6.92 Å². The molecule has 0 aliphatic heterocycles. The molecule has 0 atom stereocenters. The monoisotopic (exact) mass is 359 g/mol. The standard InChI is InChI=1S/C20H17N5O2/c1-14-7-11-24(16-5-2-8-21-13-16)20(27)18(14)19(26)22-12-15-4-3-10-25-17(15)6-9-23-25/h2-11,13H,12H2,1H3,(H,22,26). The highest BCUT2D eigenvalue weighted by atomic mass is 16.2. The third kappa shape index (κ3) is 3.10. The molecule has 7 nitrogen and oxygen atoms in total. The van der Waals surface area contributed by atoms with Crippen LogP contribution in [-0.4, -0.2) is 25.1 Å². The van der Waals surface area contributed by atoms with Crippen molar-refractivity contribution in [2.45, 2.75) is 13.5 Å². The molecule has 0 radical (unpaired) electrons. The van der Waals surface area contributed by atoms with Crippen molar-refractivity contribution >= 4 is 11.4 Å². The summed E-state index contributed by atoms with van der Waals surface area (Å²) in [5.41, 5.74) is 2.82. The minimum atomic E-state index is -0.405. The number of aromatic nitrogens is 4.